The van der Waals surface area contributed by atoms with E-state index in [1.807, 2.05) is 72.8 Å². The van der Waals surface area contributed by atoms with Gasteiger partial charge in [-0.3, -0.25) is 0 Å². The van der Waals surface area contributed by atoms with E-state index in [1.54, 1.807) is 0 Å². The topological polar surface area (TPSA) is 62.7 Å². The molecule has 5 aromatic rings. The molecule has 0 N–H and O–H groups in total. The lowest BCUT2D eigenvalue weighted by atomic mass is 10.0. The lowest BCUT2D eigenvalue weighted by molar-refractivity contribution is 0.669. The van der Waals surface area contributed by atoms with Crippen LogP contribution in [0.5, 0.6) is 0 Å². The third kappa shape index (κ3) is 2.61. The molecule has 0 aliphatic carbocycles. The largest absolute Gasteiger partial charge is 0.456 e. The second kappa shape index (κ2) is 6.49. The summed E-state index contributed by atoms with van der Waals surface area (Å²) >= 11 is 6.21. The average molecular weight is 382 g/mol. The van der Waals surface area contributed by atoms with Gasteiger partial charge < -0.3 is 4.42 Å². The normalized spacial score (nSPS) is 11.0. The first-order valence-corrected chi connectivity index (χ1v) is 9.07. The summed E-state index contributed by atoms with van der Waals surface area (Å²) in [6.45, 7) is 0. The summed E-state index contributed by atoms with van der Waals surface area (Å²) in [5, 5.41) is 12.0. The first-order chi connectivity index (χ1) is 13.7. The first kappa shape index (κ1) is 16.5. The lowest BCUT2D eigenvalue weighted by Crippen LogP contribution is -1.98. The van der Waals surface area contributed by atoms with Crippen molar-refractivity contribution in [3.05, 3.63) is 83.6 Å². The highest BCUT2D eigenvalue weighted by molar-refractivity contribution is 6.28. The van der Waals surface area contributed by atoms with Gasteiger partial charge in [-0.25, -0.2) is 9.97 Å². The number of rotatable bonds is 2. The maximum absolute atomic E-state index is 9.84. The molecule has 0 aliphatic rings. The monoisotopic (exact) mass is 381 g/mol. The molecular weight excluding hydrogens is 370 g/mol. The zero-order valence-corrected chi connectivity index (χ0v) is 15.3. The van der Waals surface area contributed by atoms with E-state index >= 15 is 0 Å². The number of nitriles is 1. The van der Waals surface area contributed by atoms with Crippen LogP contribution in [0.3, 0.4) is 0 Å². The Kier molecular flexibility index (Phi) is 3.82. The summed E-state index contributed by atoms with van der Waals surface area (Å²) < 4.78 is 5.97. The predicted molar refractivity (Wildman–Crippen MR) is 110 cm³/mol. The van der Waals surface area contributed by atoms with Gasteiger partial charge in [-0.2, -0.15) is 5.26 Å². The Bertz CT molecular complexity index is 1380. The second-order valence-electron chi connectivity index (χ2n) is 6.35. The van der Waals surface area contributed by atoms with Gasteiger partial charge in [-0.05, 0) is 29.8 Å². The van der Waals surface area contributed by atoms with Crippen LogP contribution in [0.1, 0.15) is 5.56 Å². The van der Waals surface area contributed by atoms with Gasteiger partial charge in [0.2, 0.25) is 5.28 Å². The molecule has 5 rings (SSSR count). The molecule has 0 atom stereocenters. The second-order valence-corrected chi connectivity index (χ2v) is 6.69. The molecule has 0 amide bonds. The lowest BCUT2D eigenvalue weighted by Gasteiger charge is -2.09. The van der Waals surface area contributed by atoms with Gasteiger partial charge in [0.25, 0.3) is 0 Å². The van der Waals surface area contributed by atoms with Crippen molar-refractivity contribution < 1.29 is 4.42 Å². The summed E-state index contributed by atoms with van der Waals surface area (Å²) in [6, 6.07) is 25.4. The van der Waals surface area contributed by atoms with Crippen LogP contribution in [0.4, 0.5) is 0 Å². The van der Waals surface area contributed by atoms with Crippen molar-refractivity contribution in [2.45, 2.75) is 0 Å². The molecule has 5 heteroatoms. The maximum Gasteiger partial charge on any atom is 0.223 e. The van der Waals surface area contributed by atoms with Gasteiger partial charge in [0.1, 0.15) is 22.8 Å². The Hall–Kier alpha value is -3.68. The number of furan rings is 1. The molecule has 0 aliphatic heterocycles. The maximum atomic E-state index is 9.84. The summed E-state index contributed by atoms with van der Waals surface area (Å²) in [7, 11) is 0. The minimum absolute atomic E-state index is 0.0950. The molecule has 2 heterocycles. The van der Waals surface area contributed by atoms with Crippen molar-refractivity contribution >= 4 is 33.5 Å². The highest BCUT2D eigenvalue weighted by Crippen LogP contribution is 2.35. The molecule has 0 spiro atoms. The van der Waals surface area contributed by atoms with Gasteiger partial charge in [0.05, 0.1) is 11.4 Å². The minimum Gasteiger partial charge on any atom is -0.456 e. The third-order valence-corrected chi connectivity index (χ3v) is 4.86. The van der Waals surface area contributed by atoms with E-state index in [0.717, 1.165) is 33.1 Å². The smallest absolute Gasteiger partial charge is 0.223 e. The van der Waals surface area contributed by atoms with Gasteiger partial charge >= 0.3 is 0 Å². The zero-order valence-electron chi connectivity index (χ0n) is 14.6. The van der Waals surface area contributed by atoms with Crippen molar-refractivity contribution in [1.29, 1.82) is 5.26 Å². The van der Waals surface area contributed by atoms with E-state index in [9.17, 15) is 5.26 Å². The van der Waals surface area contributed by atoms with Crippen LogP contribution < -0.4 is 0 Å². The highest BCUT2D eigenvalue weighted by atomic mass is 35.5. The van der Waals surface area contributed by atoms with E-state index in [4.69, 9.17) is 16.0 Å². The van der Waals surface area contributed by atoms with E-state index in [0.29, 0.717) is 17.0 Å². The Morgan fingerprint density at radius 3 is 2.21 bits per heavy atom. The summed E-state index contributed by atoms with van der Waals surface area (Å²) in [5.74, 6) is 0. The molecule has 2 aromatic heterocycles. The number of halogens is 1. The Morgan fingerprint density at radius 1 is 0.750 bits per heavy atom. The molecule has 0 radical (unpaired) electrons. The Balaban J connectivity index is 1.76. The molecule has 4 nitrogen and oxygen atoms in total. The van der Waals surface area contributed by atoms with Crippen molar-refractivity contribution in [2.75, 3.05) is 0 Å². The predicted octanol–water partition coefficient (Wildman–Crippen LogP) is 6.24. The number of hydrogen-bond donors (Lipinski definition) is 0. The molecular formula is C23H12ClN3O. The number of nitrogens with zero attached hydrogens (tertiary/aromatic N) is 3. The van der Waals surface area contributed by atoms with Gasteiger partial charge in [-0.15, -0.1) is 0 Å². The van der Waals surface area contributed by atoms with E-state index in [2.05, 4.69) is 16.0 Å². The van der Waals surface area contributed by atoms with Gasteiger partial charge in [-0.1, -0.05) is 54.6 Å². The molecule has 3 aromatic carbocycles. The first-order valence-electron chi connectivity index (χ1n) is 8.69. The standard InChI is InChI=1S/C23H12ClN3O/c24-23-26-21(14-6-2-1-3-7-14)18(13-25)22(27-23)15-10-11-17-16-8-4-5-9-19(16)28-20(17)12-15/h1-12H. The summed E-state index contributed by atoms with van der Waals surface area (Å²) in [6.07, 6.45) is 0. The van der Waals surface area contributed by atoms with Crippen LogP contribution in [0.25, 0.3) is 44.5 Å². The average Bonchev–Trinajstić information content (AvgIpc) is 3.11. The Morgan fingerprint density at radius 2 is 1.43 bits per heavy atom. The van der Waals surface area contributed by atoms with Crippen molar-refractivity contribution in [1.82, 2.24) is 9.97 Å². The number of hydrogen-bond acceptors (Lipinski definition) is 4. The van der Waals surface area contributed by atoms with Crippen LogP contribution >= 0.6 is 11.6 Å². The van der Waals surface area contributed by atoms with E-state index in [1.165, 1.54) is 0 Å². The van der Waals surface area contributed by atoms with Crippen LogP contribution in [0, 0.1) is 11.3 Å². The van der Waals surface area contributed by atoms with Crippen molar-refractivity contribution in [3.8, 4) is 28.6 Å². The SMILES string of the molecule is N#Cc1c(-c2ccccc2)nc(Cl)nc1-c1ccc2c(c1)oc1ccccc12. The fraction of sp³-hybridized carbons (Fsp3) is 0. The van der Waals surface area contributed by atoms with Crippen LogP contribution in [-0.2, 0) is 0 Å². The number of para-hydroxylation sites is 1. The number of benzene rings is 3. The molecule has 0 fully saturated rings. The fourth-order valence-electron chi connectivity index (χ4n) is 3.43. The van der Waals surface area contributed by atoms with Crippen LogP contribution in [0.15, 0.2) is 77.2 Å². The minimum atomic E-state index is 0.0950. The Labute approximate surface area is 165 Å². The molecule has 132 valence electrons. The fourth-order valence-corrected chi connectivity index (χ4v) is 3.60. The highest BCUT2D eigenvalue weighted by Gasteiger charge is 2.18. The van der Waals surface area contributed by atoms with Crippen LogP contribution in [-0.4, -0.2) is 9.97 Å². The van der Waals surface area contributed by atoms with Crippen molar-refractivity contribution in [2.24, 2.45) is 0 Å². The quantitative estimate of drug-likeness (QED) is 0.340. The van der Waals surface area contributed by atoms with E-state index in [-0.39, 0.29) is 5.28 Å². The number of aromatic nitrogens is 2. The molecule has 0 unspecified atom stereocenters. The van der Waals surface area contributed by atoms with Crippen molar-refractivity contribution in [3.63, 3.8) is 0 Å². The molecule has 0 bridgehead atoms. The zero-order chi connectivity index (χ0) is 19.1. The summed E-state index contributed by atoms with van der Waals surface area (Å²) in [4.78, 5) is 8.66. The third-order valence-electron chi connectivity index (χ3n) is 4.69. The van der Waals surface area contributed by atoms with Gasteiger partial charge in [0.15, 0.2) is 0 Å². The summed E-state index contributed by atoms with van der Waals surface area (Å²) in [5.41, 5.74) is 4.51. The molecule has 0 saturated heterocycles. The van der Waals surface area contributed by atoms with Gasteiger partial charge in [0, 0.05) is 21.9 Å². The molecule has 0 saturated carbocycles. The molecule has 28 heavy (non-hydrogen) atoms. The van der Waals surface area contributed by atoms with Crippen LogP contribution in [0.2, 0.25) is 5.28 Å². The van der Waals surface area contributed by atoms with E-state index < -0.39 is 0 Å². The number of fused-ring (bicyclic) bond motifs is 3.